The zero-order chi connectivity index (χ0) is 19.1. The minimum atomic E-state index is -0.176. The first kappa shape index (κ1) is 17.7. The van der Waals surface area contributed by atoms with Crippen molar-refractivity contribution in [3.8, 4) is 11.4 Å². The number of imidazole rings is 1. The van der Waals surface area contributed by atoms with E-state index < -0.39 is 0 Å². The third kappa shape index (κ3) is 2.99. The topological polar surface area (TPSA) is 70.0 Å². The summed E-state index contributed by atoms with van der Waals surface area (Å²) >= 11 is 3.40. The van der Waals surface area contributed by atoms with Gasteiger partial charge < -0.3 is 0 Å². The molecule has 8 heteroatoms. The van der Waals surface area contributed by atoms with Gasteiger partial charge in [0.25, 0.3) is 5.56 Å². The van der Waals surface area contributed by atoms with Crippen LogP contribution >= 0.6 is 15.9 Å². The first-order valence-electron chi connectivity index (χ1n) is 8.72. The van der Waals surface area contributed by atoms with E-state index in [1.165, 1.54) is 4.52 Å². The monoisotopic (exact) mass is 426 g/mol. The number of fused-ring (bicyclic) bond motifs is 1. The molecule has 0 fully saturated rings. The molecule has 0 amide bonds. The largest absolute Gasteiger partial charge is 0.297 e. The van der Waals surface area contributed by atoms with Crippen LogP contribution < -0.4 is 5.56 Å². The first-order valence-corrected chi connectivity index (χ1v) is 9.52. The third-order valence-corrected chi connectivity index (χ3v) is 5.12. The molecular formula is C19H19BrN6O. The van der Waals surface area contributed by atoms with Crippen LogP contribution in [0.2, 0.25) is 0 Å². The van der Waals surface area contributed by atoms with Crippen molar-refractivity contribution in [2.45, 2.75) is 32.9 Å². The van der Waals surface area contributed by atoms with Crippen molar-refractivity contribution in [3.05, 3.63) is 69.4 Å². The second-order valence-electron chi connectivity index (χ2n) is 6.70. The van der Waals surface area contributed by atoms with Gasteiger partial charge in [-0.2, -0.15) is 9.61 Å². The minimum absolute atomic E-state index is 0.0598. The van der Waals surface area contributed by atoms with E-state index in [0.717, 1.165) is 11.1 Å². The van der Waals surface area contributed by atoms with Crippen molar-refractivity contribution < 1.29 is 0 Å². The Bertz CT molecular complexity index is 1160. The number of hydrogen-bond donors (Lipinski definition) is 0. The van der Waals surface area contributed by atoms with E-state index in [9.17, 15) is 4.79 Å². The Balaban J connectivity index is 1.86. The van der Waals surface area contributed by atoms with Gasteiger partial charge in [-0.05, 0) is 42.3 Å². The molecule has 0 bridgehead atoms. The van der Waals surface area contributed by atoms with Crippen LogP contribution in [-0.2, 0) is 0 Å². The number of nitrogens with zero attached hydrogens (tertiary/aromatic N) is 6. The summed E-state index contributed by atoms with van der Waals surface area (Å²) in [6, 6.07) is 10.2. The molecule has 1 atom stereocenters. The van der Waals surface area contributed by atoms with Gasteiger partial charge in [-0.3, -0.25) is 14.0 Å². The summed E-state index contributed by atoms with van der Waals surface area (Å²) < 4.78 is 5.70. The lowest BCUT2D eigenvalue weighted by Crippen LogP contribution is -2.27. The smallest absolute Gasteiger partial charge is 0.285 e. The summed E-state index contributed by atoms with van der Waals surface area (Å²) in [7, 11) is 0. The van der Waals surface area contributed by atoms with E-state index in [1.54, 1.807) is 17.0 Å². The Morgan fingerprint density at radius 2 is 1.81 bits per heavy atom. The minimum Gasteiger partial charge on any atom is -0.285 e. The molecule has 0 aliphatic carbocycles. The maximum Gasteiger partial charge on any atom is 0.297 e. The third-order valence-electron chi connectivity index (χ3n) is 4.58. The van der Waals surface area contributed by atoms with Gasteiger partial charge >= 0.3 is 0 Å². The van der Waals surface area contributed by atoms with Crippen molar-refractivity contribution in [1.29, 1.82) is 0 Å². The van der Waals surface area contributed by atoms with Crippen LogP contribution in [0.5, 0.6) is 0 Å². The Morgan fingerprint density at radius 3 is 2.52 bits per heavy atom. The van der Waals surface area contributed by atoms with E-state index in [4.69, 9.17) is 0 Å². The zero-order valence-corrected chi connectivity index (χ0v) is 16.8. The summed E-state index contributed by atoms with van der Waals surface area (Å²) in [5.74, 6) is 0.563. The number of hydrogen-bond acceptors (Lipinski definition) is 4. The molecule has 4 aromatic rings. The number of benzene rings is 1. The molecule has 0 saturated heterocycles. The average Bonchev–Trinajstić information content (AvgIpc) is 3.29. The van der Waals surface area contributed by atoms with Crippen LogP contribution in [0.3, 0.4) is 0 Å². The SMILES string of the molecule is CC(c1ccccc1)n1cc(-c2nn3c(Br)cnc3c(=O)n2C(C)C)cn1. The predicted octanol–water partition coefficient (Wildman–Crippen LogP) is 3.71. The molecule has 0 N–H and O–H groups in total. The van der Waals surface area contributed by atoms with Crippen molar-refractivity contribution >= 4 is 21.6 Å². The molecule has 3 heterocycles. The molecule has 27 heavy (non-hydrogen) atoms. The van der Waals surface area contributed by atoms with Crippen LogP contribution in [0, 0.1) is 0 Å². The van der Waals surface area contributed by atoms with Gasteiger partial charge in [0.05, 0.1) is 24.0 Å². The van der Waals surface area contributed by atoms with Crippen molar-refractivity contribution in [2.75, 3.05) is 0 Å². The van der Waals surface area contributed by atoms with Gasteiger partial charge in [0.1, 0.15) is 4.60 Å². The van der Waals surface area contributed by atoms with E-state index in [-0.39, 0.29) is 17.6 Å². The van der Waals surface area contributed by atoms with Crippen LogP contribution in [0.1, 0.15) is 38.4 Å². The quantitative estimate of drug-likeness (QED) is 0.498. The van der Waals surface area contributed by atoms with E-state index in [1.807, 2.05) is 42.9 Å². The molecule has 0 radical (unpaired) electrons. The molecule has 1 unspecified atom stereocenters. The van der Waals surface area contributed by atoms with E-state index >= 15 is 0 Å². The summed E-state index contributed by atoms with van der Waals surface area (Å²) in [6.45, 7) is 6.00. The van der Waals surface area contributed by atoms with Crippen molar-refractivity contribution in [1.82, 2.24) is 28.9 Å². The summed E-state index contributed by atoms with van der Waals surface area (Å²) in [5.41, 5.74) is 2.06. The van der Waals surface area contributed by atoms with Crippen LogP contribution in [0.25, 0.3) is 17.0 Å². The molecular weight excluding hydrogens is 408 g/mol. The average molecular weight is 427 g/mol. The number of aromatic nitrogens is 6. The van der Waals surface area contributed by atoms with Crippen LogP contribution in [0.4, 0.5) is 0 Å². The molecule has 0 spiro atoms. The number of rotatable bonds is 4. The van der Waals surface area contributed by atoms with Crippen molar-refractivity contribution in [3.63, 3.8) is 0 Å². The molecule has 0 saturated carbocycles. The van der Waals surface area contributed by atoms with Gasteiger partial charge in [-0.25, -0.2) is 4.98 Å². The highest BCUT2D eigenvalue weighted by Crippen LogP contribution is 2.23. The second-order valence-corrected chi connectivity index (χ2v) is 7.52. The van der Waals surface area contributed by atoms with Gasteiger partial charge in [0.15, 0.2) is 5.82 Å². The highest BCUT2D eigenvalue weighted by Gasteiger charge is 2.19. The maximum absolute atomic E-state index is 12.9. The predicted molar refractivity (Wildman–Crippen MR) is 107 cm³/mol. The lowest BCUT2D eigenvalue weighted by molar-refractivity contribution is 0.560. The molecule has 3 aromatic heterocycles. The van der Waals surface area contributed by atoms with Crippen LogP contribution in [-0.4, -0.2) is 28.9 Å². The summed E-state index contributed by atoms with van der Waals surface area (Å²) in [6.07, 6.45) is 5.25. The molecule has 1 aromatic carbocycles. The molecule has 7 nitrogen and oxygen atoms in total. The second kappa shape index (κ2) is 6.77. The highest BCUT2D eigenvalue weighted by molar-refractivity contribution is 9.10. The first-order chi connectivity index (χ1) is 13.0. The van der Waals surface area contributed by atoms with Crippen LogP contribution in [0.15, 0.2) is 58.3 Å². The van der Waals surface area contributed by atoms with Gasteiger partial charge in [0.2, 0.25) is 5.65 Å². The van der Waals surface area contributed by atoms with Gasteiger partial charge in [-0.15, -0.1) is 5.10 Å². The Morgan fingerprint density at radius 1 is 1.07 bits per heavy atom. The summed E-state index contributed by atoms with van der Waals surface area (Å²) in [5, 5.41) is 9.16. The van der Waals surface area contributed by atoms with E-state index in [2.05, 4.69) is 50.2 Å². The molecule has 4 rings (SSSR count). The highest BCUT2D eigenvalue weighted by atomic mass is 79.9. The van der Waals surface area contributed by atoms with Crippen molar-refractivity contribution in [2.24, 2.45) is 0 Å². The fourth-order valence-electron chi connectivity index (χ4n) is 3.14. The Labute approximate surface area is 164 Å². The Kier molecular flexibility index (Phi) is 4.43. The fourth-order valence-corrected chi connectivity index (χ4v) is 3.49. The normalized spacial score (nSPS) is 12.8. The molecule has 0 aliphatic rings. The maximum atomic E-state index is 12.9. The van der Waals surface area contributed by atoms with Gasteiger partial charge in [-0.1, -0.05) is 30.3 Å². The molecule has 138 valence electrons. The standard InChI is InChI=1S/C19H19BrN6O/c1-12(2)25-17(23-26-16(20)10-21-18(26)19(25)27)15-9-22-24(11-15)13(3)14-7-5-4-6-8-14/h4-13H,1-3H3. The zero-order valence-electron chi connectivity index (χ0n) is 15.2. The fraction of sp³-hybridized carbons (Fsp3) is 0.263. The lowest BCUT2D eigenvalue weighted by Gasteiger charge is -2.15. The number of halogens is 1. The Hall–Kier alpha value is -2.74. The van der Waals surface area contributed by atoms with E-state index in [0.29, 0.717) is 16.1 Å². The summed E-state index contributed by atoms with van der Waals surface area (Å²) in [4.78, 5) is 17.1. The van der Waals surface area contributed by atoms with Gasteiger partial charge in [0, 0.05) is 12.2 Å². The molecule has 0 aliphatic heterocycles. The lowest BCUT2D eigenvalue weighted by atomic mass is 10.1.